The lowest BCUT2D eigenvalue weighted by Crippen LogP contribution is -2.60. The van der Waals surface area contributed by atoms with Crippen LogP contribution < -0.4 is 10.9 Å². The molecule has 2 aliphatic rings. The zero-order chi connectivity index (χ0) is 30.1. The van der Waals surface area contributed by atoms with Crippen molar-refractivity contribution in [1.29, 1.82) is 0 Å². The van der Waals surface area contributed by atoms with E-state index in [0.29, 0.717) is 50.3 Å². The van der Waals surface area contributed by atoms with Crippen molar-refractivity contribution in [1.82, 2.24) is 25.3 Å². The van der Waals surface area contributed by atoms with Crippen molar-refractivity contribution in [3.8, 4) is 0 Å². The van der Waals surface area contributed by atoms with Gasteiger partial charge in [-0.05, 0) is 72.8 Å². The molecule has 6 rings (SSSR count). The molecule has 3 heterocycles. The van der Waals surface area contributed by atoms with E-state index in [1.807, 2.05) is 30.0 Å². The zero-order valence-electron chi connectivity index (χ0n) is 24.6. The number of H-pyrrole nitrogens is 1. The molecular weight excluding hydrogens is 545 g/mol. The Bertz CT molecular complexity index is 1750. The summed E-state index contributed by atoms with van der Waals surface area (Å²) in [6.07, 6.45) is 2.65. The molecule has 0 radical (unpaired) electrons. The maximum Gasteiger partial charge on any atom is 0.267 e. The highest BCUT2D eigenvalue weighted by atomic mass is 19.1. The number of aromatic nitrogens is 2. The van der Waals surface area contributed by atoms with Crippen LogP contribution in [-0.4, -0.2) is 70.1 Å². The second kappa shape index (κ2) is 11.7. The van der Waals surface area contributed by atoms with Gasteiger partial charge in [-0.1, -0.05) is 48.5 Å². The van der Waals surface area contributed by atoms with Crippen molar-refractivity contribution in [3.63, 3.8) is 0 Å². The fraction of sp³-hybridized carbons (Fsp3) is 0.353. The fourth-order valence-corrected chi connectivity index (χ4v) is 6.46. The standard InChI is InChI=1S/C34H36FN5O3/c1-22-23(2)31(41)38-37-30(22)20-24-11-12-29(35)28(19-24)32(42)39-15-17-40(18-16-39)33(43)34(13-6-14-36-34)21-26-9-5-8-25-7-3-4-10-27(25)26/h3-5,7-12,19,36H,6,13-18,20-21H2,1-2H3,(H,38,41)/t34-/m1/s1. The Labute approximate surface area is 249 Å². The summed E-state index contributed by atoms with van der Waals surface area (Å²) in [7, 11) is 0. The molecule has 1 atom stereocenters. The normalized spacial score (nSPS) is 18.8. The lowest BCUT2D eigenvalue weighted by molar-refractivity contribution is -0.139. The number of piperazine rings is 1. The summed E-state index contributed by atoms with van der Waals surface area (Å²) in [5.74, 6) is -0.908. The van der Waals surface area contributed by atoms with Crippen molar-refractivity contribution < 1.29 is 14.0 Å². The minimum atomic E-state index is -0.678. The van der Waals surface area contributed by atoms with Crippen LogP contribution in [0.1, 0.15) is 51.1 Å². The summed E-state index contributed by atoms with van der Waals surface area (Å²) in [5, 5.41) is 12.5. The number of benzene rings is 3. The number of carbonyl (C=O) groups excluding carboxylic acids is 2. The van der Waals surface area contributed by atoms with Gasteiger partial charge >= 0.3 is 0 Å². The van der Waals surface area contributed by atoms with Crippen LogP contribution in [0, 0.1) is 19.7 Å². The summed E-state index contributed by atoms with van der Waals surface area (Å²) in [5.41, 5.74) is 2.99. The van der Waals surface area contributed by atoms with Crippen molar-refractivity contribution in [2.45, 2.75) is 45.1 Å². The highest BCUT2D eigenvalue weighted by molar-refractivity contribution is 5.95. The van der Waals surface area contributed by atoms with Crippen LogP contribution in [0.3, 0.4) is 0 Å². The number of carbonyl (C=O) groups is 2. The molecule has 4 aromatic rings. The number of nitrogens with zero attached hydrogens (tertiary/aromatic N) is 3. The highest BCUT2D eigenvalue weighted by Gasteiger charge is 2.44. The molecule has 2 N–H and O–H groups in total. The molecule has 43 heavy (non-hydrogen) atoms. The first-order chi connectivity index (χ1) is 20.8. The average Bonchev–Trinajstić information content (AvgIpc) is 3.51. The van der Waals surface area contributed by atoms with Gasteiger partial charge in [-0.25, -0.2) is 9.49 Å². The van der Waals surface area contributed by atoms with Crippen LogP contribution in [-0.2, 0) is 17.6 Å². The molecule has 0 bridgehead atoms. The number of hydrogen-bond acceptors (Lipinski definition) is 5. The maximum absolute atomic E-state index is 14.9. The number of fused-ring (bicyclic) bond motifs is 1. The fourth-order valence-electron chi connectivity index (χ4n) is 6.46. The predicted octanol–water partition coefficient (Wildman–Crippen LogP) is 3.92. The average molecular weight is 582 g/mol. The Kier molecular flexibility index (Phi) is 7.83. The molecule has 2 fully saturated rings. The number of hydrogen-bond donors (Lipinski definition) is 2. The van der Waals surface area contributed by atoms with E-state index in [9.17, 15) is 18.8 Å². The predicted molar refractivity (Wildman–Crippen MR) is 164 cm³/mol. The van der Waals surface area contributed by atoms with Crippen LogP contribution in [0.2, 0.25) is 0 Å². The molecule has 0 unspecified atom stereocenters. The molecule has 8 nitrogen and oxygen atoms in total. The van der Waals surface area contributed by atoms with E-state index in [0.717, 1.165) is 46.8 Å². The first-order valence-electron chi connectivity index (χ1n) is 14.9. The second-order valence-corrected chi connectivity index (χ2v) is 11.8. The molecule has 2 saturated heterocycles. The Morgan fingerprint density at radius 3 is 2.47 bits per heavy atom. The smallest absolute Gasteiger partial charge is 0.267 e. The number of amides is 2. The van der Waals surface area contributed by atoms with Gasteiger partial charge in [0.25, 0.3) is 11.5 Å². The molecule has 0 saturated carbocycles. The summed E-state index contributed by atoms with van der Waals surface area (Å²) in [6.45, 7) is 5.80. The molecule has 1 aromatic heterocycles. The first kappa shape index (κ1) is 28.7. The molecule has 3 aromatic carbocycles. The van der Waals surface area contributed by atoms with Gasteiger partial charge in [-0.2, -0.15) is 5.10 Å². The topological polar surface area (TPSA) is 98.4 Å². The highest BCUT2D eigenvalue weighted by Crippen LogP contribution is 2.30. The van der Waals surface area contributed by atoms with Crippen LogP contribution in [0.5, 0.6) is 0 Å². The third kappa shape index (κ3) is 5.57. The van der Waals surface area contributed by atoms with Gasteiger partial charge in [0.15, 0.2) is 0 Å². The van der Waals surface area contributed by atoms with Gasteiger partial charge in [-0.15, -0.1) is 0 Å². The van der Waals surface area contributed by atoms with E-state index in [-0.39, 0.29) is 17.0 Å². The maximum atomic E-state index is 14.9. The van der Waals surface area contributed by atoms with Crippen molar-refractivity contribution >= 4 is 22.6 Å². The van der Waals surface area contributed by atoms with Gasteiger partial charge in [0.05, 0.1) is 11.3 Å². The molecule has 2 aliphatic heterocycles. The van der Waals surface area contributed by atoms with Crippen LogP contribution in [0.15, 0.2) is 65.5 Å². The van der Waals surface area contributed by atoms with E-state index < -0.39 is 17.3 Å². The van der Waals surface area contributed by atoms with E-state index in [2.05, 4.69) is 39.8 Å². The van der Waals surface area contributed by atoms with Crippen molar-refractivity contribution in [2.24, 2.45) is 0 Å². The monoisotopic (exact) mass is 581 g/mol. The van der Waals surface area contributed by atoms with E-state index in [1.54, 1.807) is 24.0 Å². The van der Waals surface area contributed by atoms with Crippen molar-refractivity contribution in [3.05, 3.63) is 110 Å². The minimum Gasteiger partial charge on any atom is -0.338 e. The molecule has 222 valence electrons. The Morgan fingerprint density at radius 2 is 1.70 bits per heavy atom. The summed E-state index contributed by atoms with van der Waals surface area (Å²) in [4.78, 5) is 42.8. The third-order valence-electron chi connectivity index (χ3n) is 9.14. The second-order valence-electron chi connectivity index (χ2n) is 11.8. The van der Waals surface area contributed by atoms with Gasteiger partial charge in [0.1, 0.15) is 11.4 Å². The van der Waals surface area contributed by atoms with Crippen LogP contribution >= 0.6 is 0 Å². The van der Waals surface area contributed by atoms with Gasteiger partial charge in [0.2, 0.25) is 5.91 Å². The lowest BCUT2D eigenvalue weighted by Gasteiger charge is -2.40. The summed E-state index contributed by atoms with van der Waals surface area (Å²) >= 11 is 0. The van der Waals surface area contributed by atoms with Gasteiger partial charge < -0.3 is 15.1 Å². The van der Waals surface area contributed by atoms with Gasteiger partial charge in [0, 0.05) is 44.6 Å². The molecule has 9 heteroatoms. The molecule has 2 amide bonds. The third-order valence-corrected chi connectivity index (χ3v) is 9.14. The van der Waals surface area contributed by atoms with E-state index in [1.165, 1.54) is 6.07 Å². The lowest BCUT2D eigenvalue weighted by atomic mass is 9.85. The molecular formula is C34H36FN5O3. The van der Waals surface area contributed by atoms with Crippen molar-refractivity contribution in [2.75, 3.05) is 32.7 Å². The minimum absolute atomic E-state index is 0.000890. The summed E-state index contributed by atoms with van der Waals surface area (Å²) in [6, 6.07) is 19.0. The quantitative estimate of drug-likeness (QED) is 0.360. The van der Waals surface area contributed by atoms with E-state index >= 15 is 0 Å². The van der Waals surface area contributed by atoms with Gasteiger partial charge in [-0.3, -0.25) is 14.4 Å². The first-order valence-corrected chi connectivity index (χ1v) is 14.9. The van der Waals surface area contributed by atoms with E-state index in [4.69, 9.17) is 0 Å². The largest absolute Gasteiger partial charge is 0.338 e. The Hall–Kier alpha value is -4.37. The SMILES string of the molecule is Cc1c(Cc2ccc(F)c(C(=O)N3CCN(C(=O)[C@]4(Cc5cccc6ccccc56)CCCN4)CC3)c2)n[nH]c(=O)c1C. The summed E-state index contributed by atoms with van der Waals surface area (Å²) < 4.78 is 14.9. The number of nitrogens with one attached hydrogen (secondary N) is 2. The zero-order valence-corrected chi connectivity index (χ0v) is 24.6. The van der Waals surface area contributed by atoms with Crippen LogP contribution in [0.25, 0.3) is 10.8 Å². The number of rotatable bonds is 6. The number of aromatic amines is 1. The number of halogens is 1. The Balaban J connectivity index is 1.15. The molecule has 0 aliphatic carbocycles. The van der Waals surface area contributed by atoms with Crippen LogP contribution in [0.4, 0.5) is 4.39 Å². The Morgan fingerprint density at radius 1 is 0.953 bits per heavy atom. The molecule has 0 spiro atoms.